The molecular formula is C26H30N2O6. The molecule has 2 aromatic carbocycles. The van der Waals surface area contributed by atoms with Gasteiger partial charge in [-0.05, 0) is 5.56 Å². The number of ether oxygens (including phenoxy) is 3. The fraction of sp³-hybridized carbons (Fsp3) is 0.385. The lowest BCUT2D eigenvalue weighted by atomic mass is 10.0. The van der Waals surface area contributed by atoms with Crippen molar-refractivity contribution < 1.29 is 28.9 Å². The normalized spacial score (nSPS) is 23.4. The maximum absolute atomic E-state index is 13.8. The van der Waals surface area contributed by atoms with Gasteiger partial charge in [0.2, 0.25) is 11.7 Å². The fourth-order valence-corrected chi connectivity index (χ4v) is 3.98. The zero-order valence-electron chi connectivity index (χ0n) is 19.2. The molecule has 2 saturated heterocycles. The third-order valence-corrected chi connectivity index (χ3v) is 5.83. The van der Waals surface area contributed by atoms with Crippen molar-refractivity contribution in [1.82, 2.24) is 9.80 Å². The zero-order chi connectivity index (χ0) is 23.9. The number of morpholine rings is 1. The molecule has 2 heterocycles. The molecular weight excluding hydrogens is 436 g/mol. The van der Waals surface area contributed by atoms with Crippen molar-refractivity contribution in [1.29, 1.82) is 0 Å². The number of benzene rings is 2. The fourth-order valence-electron chi connectivity index (χ4n) is 3.98. The summed E-state index contributed by atoms with van der Waals surface area (Å²) in [7, 11) is 0. The molecule has 1 amide bonds. The Labute approximate surface area is 199 Å². The molecule has 3 atom stereocenters. The highest BCUT2D eigenvalue weighted by Gasteiger charge is 2.40. The lowest BCUT2D eigenvalue weighted by Crippen LogP contribution is -2.48. The van der Waals surface area contributed by atoms with E-state index in [2.05, 4.69) is 0 Å². The van der Waals surface area contributed by atoms with E-state index in [1.165, 1.54) is 11.8 Å². The molecule has 0 unspecified atom stereocenters. The van der Waals surface area contributed by atoms with Gasteiger partial charge in [-0.1, -0.05) is 60.7 Å². The summed E-state index contributed by atoms with van der Waals surface area (Å²) in [5.74, 6) is -0.743. The van der Waals surface area contributed by atoms with Crippen molar-refractivity contribution in [2.45, 2.75) is 32.0 Å². The standard InChI is InChI=1S/C26H30N2O6/c1-19(29)28(16-20-8-4-2-5-9-20)22(17-27-12-14-32-15-13-27)24(31)25-23(30)18-33-26(34-25)21-10-6-3-7-11-21/h2-11,17,23,25-26,30H,12-16,18H2,1H3/b22-17-/t23-,25-,26-/m1/s1. The minimum absolute atomic E-state index is 0.0560. The lowest BCUT2D eigenvalue weighted by molar-refractivity contribution is -0.250. The summed E-state index contributed by atoms with van der Waals surface area (Å²) >= 11 is 0. The van der Waals surface area contributed by atoms with Gasteiger partial charge in [-0.25, -0.2) is 0 Å². The second-order valence-electron chi connectivity index (χ2n) is 8.32. The number of amides is 1. The SMILES string of the molecule is CC(=O)N(Cc1ccccc1)/C(=C\N1CCOCC1)C(=O)[C@@H]1O[C@H](c2ccccc2)OC[C@H]1O. The molecule has 0 bridgehead atoms. The van der Waals surface area contributed by atoms with E-state index in [4.69, 9.17) is 14.2 Å². The number of hydrogen-bond acceptors (Lipinski definition) is 7. The van der Waals surface area contributed by atoms with Crippen LogP contribution in [0.2, 0.25) is 0 Å². The number of rotatable bonds is 7. The van der Waals surface area contributed by atoms with Crippen LogP contribution >= 0.6 is 0 Å². The summed E-state index contributed by atoms with van der Waals surface area (Å²) in [4.78, 5) is 30.0. The van der Waals surface area contributed by atoms with Crippen molar-refractivity contribution in [3.05, 3.63) is 83.7 Å². The highest BCUT2D eigenvalue weighted by atomic mass is 16.7. The Balaban J connectivity index is 1.64. The quantitative estimate of drug-likeness (QED) is 0.626. The summed E-state index contributed by atoms with van der Waals surface area (Å²) < 4.78 is 17.0. The van der Waals surface area contributed by atoms with E-state index < -0.39 is 24.3 Å². The molecule has 0 radical (unpaired) electrons. The maximum Gasteiger partial charge on any atom is 0.224 e. The molecule has 34 heavy (non-hydrogen) atoms. The lowest BCUT2D eigenvalue weighted by Gasteiger charge is -2.36. The Morgan fingerprint density at radius 1 is 1.06 bits per heavy atom. The topological polar surface area (TPSA) is 88.5 Å². The summed E-state index contributed by atoms with van der Waals surface area (Å²) in [5, 5.41) is 10.6. The van der Waals surface area contributed by atoms with Crippen LogP contribution in [0.25, 0.3) is 0 Å². The molecule has 2 aliphatic rings. The van der Waals surface area contributed by atoms with Crippen LogP contribution in [0.4, 0.5) is 0 Å². The van der Waals surface area contributed by atoms with Gasteiger partial charge in [0.25, 0.3) is 0 Å². The van der Waals surface area contributed by atoms with E-state index in [0.29, 0.717) is 26.3 Å². The highest BCUT2D eigenvalue weighted by molar-refractivity contribution is 6.01. The van der Waals surface area contributed by atoms with E-state index >= 15 is 0 Å². The van der Waals surface area contributed by atoms with Crippen molar-refractivity contribution >= 4 is 11.7 Å². The third kappa shape index (κ3) is 5.90. The Morgan fingerprint density at radius 2 is 1.71 bits per heavy atom. The Hall–Kier alpha value is -3.04. The monoisotopic (exact) mass is 466 g/mol. The van der Waals surface area contributed by atoms with Crippen LogP contribution in [0.5, 0.6) is 0 Å². The summed E-state index contributed by atoms with van der Waals surface area (Å²) in [6, 6.07) is 18.7. The smallest absolute Gasteiger partial charge is 0.224 e. The number of carbonyl (C=O) groups is 2. The average molecular weight is 467 g/mol. The maximum atomic E-state index is 13.8. The van der Waals surface area contributed by atoms with Crippen LogP contribution in [0.3, 0.4) is 0 Å². The van der Waals surface area contributed by atoms with Gasteiger partial charge in [-0.3, -0.25) is 9.59 Å². The first-order chi connectivity index (χ1) is 16.5. The van der Waals surface area contributed by atoms with Crippen LogP contribution in [-0.4, -0.2) is 71.7 Å². The molecule has 2 aliphatic heterocycles. The average Bonchev–Trinajstić information content (AvgIpc) is 2.87. The van der Waals surface area contributed by atoms with E-state index in [0.717, 1.165) is 11.1 Å². The van der Waals surface area contributed by atoms with Gasteiger partial charge in [0.05, 0.1) is 26.4 Å². The van der Waals surface area contributed by atoms with E-state index in [1.807, 2.05) is 65.6 Å². The molecule has 2 aromatic rings. The summed E-state index contributed by atoms with van der Waals surface area (Å²) in [6.07, 6.45) is -1.43. The first-order valence-corrected chi connectivity index (χ1v) is 11.4. The van der Waals surface area contributed by atoms with Gasteiger partial charge in [-0.2, -0.15) is 0 Å². The number of ketones is 1. The molecule has 180 valence electrons. The van der Waals surface area contributed by atoms with Crippen molar-refractivity contribution in [2.75, 3.05) is 32.9 Å². The number of hydrogen-bond donors (Lipinski definition) is 1. The first-order valence-electron chi connectivity index (χ1n) is 11.4. The van der Waals surface area contributed by atoms with E-state index in [9.17, 15) is 14.7 Å². The van der Waals surface area contributed by atoms with Crippen molar-refractivity contribution in [3.8, 4) is 0 Å². The van der Waals surface area contributed by atoms with Gasteiger partial charge < -0.3 is 29.1 Å². The summed E-state index contributed by atoms with van der Waals surface area (Å²) in [5.41, 5.74) is 1.81. The minimum Gasteiger partial charge on any atom is -0.387 e. The van der Waals surface area contributed by atoms with Crippen LogP contribution in [0, 0.1) is 0 Å². The van der Waals surface area contributed by atoms with Crippen LogP contribution < -0.4 is 0 Å². The molecule has 8 heteroatoms. The molecule has 4 rings (SSSR count). The Kier molecular flexibility index (Phi) is 8.08. The molecule has 1 N–H and O–H groups in total. The number of aliphatic hydroxyl groups is 1. The molecule has 8 nitrogen and oxygen atoms in total. The van der Waals surface area contributed by atoms with Crippen LogP contribution in [-0.2, 0) is 30.3 Å². The first kappa shape index (κ1) is 24.1. The molecule has 0 saturated carbocycles. The molecule has 2 fully saturated rings. The molecule has 0 aliphatic carbocycles. The Bertz CT molecular complexity index is 991. The Morgan fingerprint density at radius 3 is 2.35 bits per heavy atom. The number of aliphatic hydroxyl groups excluding tert-OH is 1. The predicted molar refractivity (Wildman–Crippen MR) is 124 cm³/mol. The molecule has 0 aromatic heterocycles. The van der Waals surface area contributed by atoms with Gasteiger partial charge >= 0.3 is 0 Å². The molecule has 0 spiro atoms. The predicted octanol–water partition coefficient (Wildman–Crippen LogP) is 2.25. The van der Waals surface area contributed by atoms with Gasteiger partial charge in [0.1, 0.15) is 11.8 Å². The second kappa shape index (κ2) is 11.4. The third-order valence-electron chi connectivity index (χ3n) is 5.83. The van der Waals surface area contributed by atoms with E-state index in [1.54, 1.807) is 6.20 Å². The van der Waals surface area contributed by atoms with Gasteiger partial charge in [-0.15, -0.1) is 0 Å². The van der Waals surface area contributed by atoms with Crippen LogP contribution in [0.15, 0.2) is 72.6 Å². The number of Topliss-reactive ketones (excluding diaryl/α,β-unsaturated/α-hetero) is 1. The van der Waals surface area contributed by atoms with Crippen molar-refractivity contribution in [2.24, 2.45) is 0 Å². The van der Waals surface area contributed by atoms with E-state index in [-0.39, 0.29) is 24.8 Å². The van der Waals surface area contributed by atoms with Gasteiger partial charge in [0.15, 0.2) is 12.4 Å². The number of nitrogens with zero attached hydrogens (tertiary/aromatic N) is 2. The zero-order valence-corrected chi connectivity index (χ0v) is 19.2. The highest BCUT2D eigenvalue weighted by Crippen LogP contribution is 2.29. The number of carbonyl (C=O) groups excluding carboxylic acids is 2. The second-order valence-corrected chi connectivity index (χ2v) is 8.32. The summed E-state index contributed by atoms with van der Waals surface area (Å²) in [6.45, 7) is 3.85. The largest absolute Gasteiger partial charge is 0.387 e. The minimum atomic E-state index is -1.18. The van der Waals surface area contributed by atoms with Crippen molar-refractivity contribution in [3.63, 3.8) is 0 Å². The van der Waals surface area contributed by atoms with Crippen LogP contribution in [0.1, 0.15) is 24.3 Å². The van der Waals surface area contributed by atoms with Gasteiger partial charge in [0, 0.05) is 31.8 Å².